The van der Waals surface area contributed by atoms with Crippen LogP contribution in [0.4, 0.5) is 0 Å². The van der Waals surface area contributed by atoms with E-state index in [0.717, 1.165) is 11.8 Å². The van der Waals surface area contributed by atoms with E-state index >= 15 is 0 Å². The third kappa shape index (κ3) is 5.79. The minimum absolute atomic E-state index is 0.885. The molecular weight excluding hydrogens is 204 g/mol. The van der Waals surface area contributed by atoms with Gasteiger partial charge in [-0.3, -0.25) is 0 Å². The molecule has 1 saturated heterocycles. The number of rotatable bonds is 7. The lowest BCUT2D eigenvalue weighted by Gasteiger charge is -2.23. The summed E-state index contributed by atoms with van der Waals surface area (Å²) in [5.41, 5.74) is 0. The van der Waals surface area contributed by atoms with Gasteiger partial charge in [0.2, 0.25) is 0 Å². The van der Waals surface area contributed by atoms with Crippen molar-refractivity contribution in [3.63, 3.8) is 0 Å². The maximum Gasteiger partial charge on any atom is 0.0172 e. The molecule has 1 N–H and O–H groups in total. The van der Waals surface area contributed by atoms with E-state index in [1.807, 2.05) is 0 Å². The lowest BCUT2D eigenvalue weighted by atomic mass is 10.2. The first kappa shape index (κ1) is 13.3. The van der Waals surface area contributed by atoms with Gasteiger partial charge in [0, 0.05) is 24.9 Å². The highest BCUT2D eigenvalue weighted by atomic mass is 32.2. The second kappa shape index (κ2) is 8.43. The highest BCUT2D eigenvalue weighted by molar-refractivity contribution is 7.99. The lowest BCUT2D eigenvalue weighted by Crippen LogP contribution is -2.35. The second-order valence-corrected chi connectivity index (χ2v) is 5.63. The van der Waals surface area contributed by atoms with Crippen molar-refractivity contribution < 1.29 is 0 Å². The van der Waals surface area contributed by atoms with Gasteiger partial charge < -0.3 is 10.2 Å². The third-order valence-corrected chi connectivity index (χ3v) is 4.54. The van der Waals surface area contributed by atoms with E-state index in [-0.39, 0.29) is 0 Å². The van der Waals surface area contributed by atoms with Crippen LogP contribution in [0.15, 0.2) is 0 Å². The van der Waals surface area contributed by atoms with Gasteiger partial charge in [-0.15, -0.1) is 0 Å². The zero-order chi connectivity index (χ0) is 10.9. The van der Waals surface area contributed by atoms with Crippen LogP contribution in [0.3, 0.4) is 0 Å². The van der Waals surface area contributed by atoms with Gasteiger partial charge in [-0.1, -0.05) is 20.3 Å². The molecule has 1 rings (SSSR count). The molecule has 0 radical (unpaired) electrons. The Morgan fingerprint density at radius 3 is 2.67 bits per heavy atom. The summed E-state index contributed by atoms with van der Waals surface area (Å²) in [4.78, 5) is 2.47. The largest absolute Gasteiger partial charge is 0.314 e. The van der Waals surface area contributed by atoms with Crippen LogP contribution in [-0.4, -0.2) is 48.6 Å². The van der Waals surface area contributed by atoms with E-state index < -0.39 is 0 Å². The molecule has 0 aromatic carbocycles. The maximum atomic E-state index is 3.59. The molecular formula is C12H26N2S. The monoisotopic (exact) mass is 230 g/mol. The van der Waals surface area contributed by atoms with Gasteiger partial charge in [0.05, 0.1) is 0 Å². The fourth-order valence-corrected chi connectivity index (χ4v) is 3.28. The molecule has 3 heteroatoms. The Balaban J connectivity index is 1.95. The number of hydrogen-bond acceptors (Lipinski definition) is 3. The minimum Gasteiger partial charge on any atom is -0.314 e. The molecule has 0 aliphatic carbocycles. The predicted octanol–water partition coefficient (Wildman–Crippen LogP) is 2.20. The molecule has 1 unspecified atom stereocenters. The summed E-state index contributed by atoms with van der Waals surface area (Å²) < 4.78 is 0. The first-order chi connectivity index (χ1) is 7.36. The van der Waals surface area contributed by atoms with Crippen LogP contribution in [0.25, 0.3) is 0 Å². The average Bonchev–Trinajstić information content (AvgIpc) is 2.31. The Morgan fingerprint density at radius 1 is 1.27 bits per heavy atom. The van der Waals surface area contributed by atoms with Crippen LogP contribution in [0.5, 0.6) is 0 Å². The van der Waals surface area contributed by atoms with Crippen LogP contribution in [-0.2, 0) is 0 Å². The first-order valence-electron chi connectivity index (χ1n) is 6.41. The zero-order valence-corrected chi connectivity index (χ0v) is 11.1. The van der Waals surface area contributed by atoms with Crippen LogP contribution in [0.2, 0.25) is 0 Å². The topological polar surface area (TPSA) is 15.3 Å². The van der Waals surface area contributed by atoms with E-state index in [0.29, 0.717) is 0 Å². The van der Waals surface area contributed by atoms with Gasteiger partial charge in [-0.25, -0.2) is 0 Å². The van der Waals surface area contributed by atoms with Crippen molar-refractivity contribution in [2.24, 2.45) is 0 Å². The molecule has 0 aromatic heterocycles. The molecule has 0 bridgehead atoms. The van der Waals surface area contributed by atoms with Gasteiger partial charge in [-0.05, 0) is 31.7 Å². The fourth-order valence-electron chi connectivity index (χ4n) is 2.01. The summed E-state index contributed by atoms with van der Waals surface area (Å²) in [6.07, 6.45) is 4.29. The van der Waals surface area contributed by atoms with Crippen molar-refractivity contribution in [2.75, 3.05) is 38.5 Å². The highest BCUT2D eigenvalue weighted by Crippen LogP contribution is 2.24. The van der Waals surface area contributed by atoms with Crippen molar-refractivity contribution >= 4 is 11.8 Å². The Kier molecular flexibility index (Phi) is 7.49. The van der Waals surface area contributed by atoms with E-state index in [2.05, 4.69) is 35.8 Å². The smallest absolute Gasteiger partial charge is 0.0172 e. The molecule has 15 heavy (non-hydrogen) atoms. The summed E-state index contributed by atoms with van der Waals surface area (Å²) >= 11 is 2.16. The minimum atomic E-state index is 0.885. The van der Waals surface area contributed by atoms with Crippen molar-refractivity contribution in [1.82, 2.24) is 10.2 Å². The van der Waals surface area contributed by atoms with E-state index in [1.54, 1.807) is 0 Å². The van der Waals surface area contributed by atoms with Crippen molar-refractivity contribution in [3.05, 3.63) is 0 Å². The lowest BCUT2D eigenvalue weighted by molar-refractivity contribution is 0.302. The van der Waals surface area contributed by atoms with Crippen LogP contribution in [0, 0.1) is 0 Å². The van der Waals surface area contributed by atoms with E-state index in [1.165, 1.54) is 51.2 Å². The van der Waals surface area contributed by atoms with E-state index in [9.17, 15) is 0 Å². The van der Waals surface area contributed by atoms with Crippen LogP contribution in [0.1, 0.15) is 33.1 Å². The molecule has 90 valence electrons. The number of nitrogens with zero attached hydrogens (tertiary/aromatic N) is 1. The SMILES string of the molecule is CCN(CC)CCNCC1CCCCS1. The summed E-state index contributed by atoms with van der Waals surface area (Å²) in [5.74, 6) is 1.38. The molecule has 1 aliphatic heterocycles. The van der Waals surface area contributed by atoms with Crippen molar-refractivity contribution in [3.8, 4) is 0 Å². The molecule has 2 nitrogen and oxygen atoms in total. The molecule has 0 amide bonds. The molecule has 0 saturated carbocycles. The van der Waals surface area contributed by atoms with Gasteiger partial charge in [0.15, 0.2) is 0 Å². The predicted molar refractivity (Wildman–Crippen MR) is 70.8 cm³/mol. The van der Waals surface area contributed by atoms with Gasteiger partial charge >= 0.3 is 0 Å². The van der Waals surface area contributed by atoms with Crippen LogP contribution >= 0.6 is 11.8 Å². The molecule has 1 aliphatic rings. The normalized spacial score (nSPS) is 22.2. The second-order valence-electron chi connectivity index (χ2n) is 4.22. The van der Waals surface area contributed by atoms with Crippen molar-refractivity contribution in [2.45, 2.75) is 38.4 Å². The summed E-state index contributed by atoms with van der Waals surface area (Å²) in [7, 11) is 0. The number of likely N-dealkylation sites (N-methyl/N-ethyl adjacent to an activating group) is 1. The molecule has 0 aromatic rings. The zero-order valence-electron chi connectivity index (χ0n) is 10.3. The number of hydrogen-bond donors (Lipinski definition) is 1. The molecule has 1 heterocycles. The molecule has 1 atom stereocenters. The number of thioether (sulfide) groups is 1. The molecule has 0 spiro atoms. The van der Waals surface area contributed by atoms with Gasteiger partial charge in [0.1, 0.15) is 0 Å². The Hall–Kier alpha value is 0.270. The summed E-state index contributed by atoms with van der Waals surface area (Å²) in [5, 5.41) is 4.48. The van der Waals surface area contributed by atoms with Crippen molar-refractivity contribution in [1.29, 1.82) is 0 Å². The van der Waals surface area contributed by atoms with Gasteiger partial charge in [0.25, 0.3) is 0 Å². The summed E-state index contributed by atoms with van der Waals surface area (Å²) in [6, 6.07) is 0. The third-order valence-electron chi connectivity index (χ3n) is 3.15. The maximum absolute atomic E-state index is 3.59. The first-order valence-corrected chi connectivity index (χ1v) is 7.46. The quantitative estimate of drug-likeness (QED) is 0.675. The number of nitrogens with one attached hydrogen (secondary N) is 1. The Bertz CT molecular complexity index is 143. The molecule has 1 fully saturated rings. The highest BCUT2D eigenvalue weighted by Gasteiger charge is 2.12. The fraction of sp³-hybridized carbons (Fsp3) is 1.00. The van der Waals surface area contributed by atoms with Crippen LogP contribution < -0.4 is 5.32 Å². The van der Waals surface area contributed by atoms with E-state index in [4.69, 9.17) is 0 Å². The standard InChI is InChI=1S/C12H26N2S/c1-3-14(4-2)9-8-13-11-12-7-5-6-10-15-12/h12-13H,3-11H2,1-2H3. The Morgan fingerprint density at radius 2 is 2.07 bits per heavy atom. The summed E-state index contributed by atoms with van der Waals surface area (Å²) in [6.45, 7) is 10.4. The average molecular weight is 230 g/mol. The Labute approximate surface area is 99.2 Å². The van der Waals surface area contributed by atoms with Gasteiger partial charge in [-0.2, -0.15) is 11.8 Å².